The molecule has 1 aromatic rings. The van der Waals surface area contributed by atoms with Gasteiger partial charge in [-0.1, -0.05) is 12.1 Å². The Hall–Kier alpha value is -2.51. The molecule has 0 aliphatic carbocycles. The van der Waals surface area contributed by atoms with Crippen LogP contribution in [0.25, 0.3) is 0 Å². The molecule has 21 heavy (non-hydrogen) atoms. The van der Waals surface area contributed by atoms with Crippen molar-refractivity contribution in [2.75, 3.05) is 13.2 Å². The third-order valence-corrected chi connectivity index (χ3v) is 2.93. The Balaban J connectivity index is 2.12. The van der Waals surface area contributed by atoms with Crippen LogP contribution in [0.1, 0.15) is 5.56 Å². The van der Waals surface area contributed by atoms with Crippen LogP contribution in [0.15, 0.2) is 36.0 Å². The lowest BCUT2D eigenvalue weighted by molar-refractivity contribution is -0.384. The molecule has 112 valence electrons. The van der Waals surface area contributed by atoms with Crippen molar-refractivity contribution in [2.24, 2.45) is 0 Å². The monoisotopic (exact) mass is 298 g/mol. The number of hydrogen-bond acceptors (Lipinski definition) is 5. The summed E-state index contributed by atoms with van der Waals surface area (Å²) in [5.41, 5.74) is 0.929. The molecule has 0 amide bonds. The number of hydrogen-bond donors (Lipinski definition) is 0. The van der Waals surface area contributed by atoms with Crippen molar-refractivity contribution in [3.63, 3.8) is 0 Å². The van der Waals surface area contributed by atoms with Crippen LogP contribution in [-0.4, -0.2) is 35.4 Å². The number of rotatable bonds is 6. The zero-order chi connectivity index (χ0) is 15.4. The molecule has 0 bridgehead atoms. The van der Waals surface area contributed by atoms with Gasteiger partial charge < -0.3 is 9.64 Å². The van der Waals surface area contributed by atoms with Crippen molar-refractivity contribution in [1.29, 1.82) is 0 Å². The van der Waals surface area contributed by atoms with E-state index in [1.165, 1.54) is 35.2 Å². The zero-order valence-electron chi connectivity index (χ0n) is 10.9. The first-order valence-electron chi connectivity index (χ1n) is 6.09. The Kier molecular flexibility index (Phi) is 4.46. The van der Waals surface area contributed by atoms with E-state index in [-0.39, 0.29) is 18.8 Å². The molecule has 1 aromatic carbocycles. The van der Waals surface area contributed by atoms with E-state index in [0.717, 1.165) is 0 Å². The number of esters is 1. The number of cyclic esters (lactones) is 1. The van der Waals surface area contributed by atoms with E-state index < -0.39 is 23.9 Å². The molecule has 1 aliphatic rings. The molecule has 0 unspecified atom stereocenters. The van der Waals surface area contributed by atoms with Crippen LogP contribution in [0.4, 0.5) is 14.5 Å². The van der Waals surface area contributed by atoms with Crippen molar-refractivity contribution in [3.8, 4) is 0 Å². The van der Waals surface area contributed by atoms with Gasteiger partial charge in [-0.15, -0.1) is 0 Å². The van der Waals surface area contributed by atoms with Gasteiger partial charge in [0, 0.05) is 24.8 Å². The highest BCUT2D eigenvalue weighted by Crippen LogP contribution is 2.19. The molecular formula is C13H12F2N2O4. The molecule has 0 radical (unpaired) electrons. The van der Waals surface area contributed by atoms with Crippen LogP contribution in [-0.2, 0) is 16.1 Å². The Bertz CT molecular complexity index is 572. The third kappa shape index (κ3) is 3.98. The minimum Gasteiger partial charge on any atom is -0.456 e. The molecule has 8 heteroatoms. The van der Waals surface area contributed by atoms with Crippen LogP contribution in [0.2, 0.25) is 0 Å². The summed E-state index contributed by atoms with van der Waals surface area (Å²) in [6.45, 7) is -0.469. The summed E-state index contributed by atoms with van der Waals surface area (Å²) >= 11 is 0. The highest BCUT2D eigenvalue weighted by molar-refractivity contribution is 5.85. The lowest BCUT2D eigenvalue weighted by atomic mass is 10.2. The fourth-order valence-electron chi connectivity index (χ4n) is 1.94. The average Bonchev–Trinajstić information content (AvgIpc) is 2.85. The van der Waals surface area contributed by atoms with E-state index in [9.17, 15) is 23.7 Å². The number of alkyl halides is 2. The average molecular weight is 298 g/mol. The zero-order valence-corrected chi connectivity index (χ0v) is 10.9. The first-order chi connectivity index (χ1) is 9.95. The summed E-state index contributed by atoms with van der Waals surface area (Å²) in [4.78, 5) is 22.4. The predicted molar refractivity (Wildman–Crippen MR) is 68.6 cm³/mol. The number of carbonyl (C=O) groups is 1. The lowest BCUT2D eigenvalue weighted by Crippen LogP contribution is -2.28. The van der Waals surface area contributed by atoms with Gasteiger partial charge in [-0.2, -0.15) is 0 Å². The topological polar surface area (TPSA) is 72.7 Å². The maximum absolute atomic E-state index is 12.6. The molecule has 1 aliphatic heterocycles. The highest BCUT2D eigenvalue weighted by atomic mass is 19.3. The second kappa shape index (κ2) is 6.29. The normalized spacial score (nSPS) is 14.0. The van der Waals surface area contributed by atoms with Gasteiger partial charge in [0.15, 0.2) is 0 Å². The number of carbonyl (C=O) groups excluding carboxylic acids is 1. The van der Waals surface area contributed by atoms with Gasteiger partial charge in [0.25, 0.3) is 12.1 Å². The lowest BCUT2D eigenvalue weighted by Gasteiger charge is -2.24. The van der Waals surface area contributed by atoms with Gasteiger partial charge in [0.05, 0.1) is 17.2 Å². The van der Waals surface area contributed by atoms with E-state index in [2.05, 4.69) is 0 Å². The number of ether oxygens (including phenoxy) is 1. The van der Waals surface area contributed by atoms with Crippen molar-refractivity contribution in [2.45, 2.75) is 13.0 Å². The second-order valence-electron chi connectivity index (χ2n) is 4.44. The van der Waals surface area contributed by atoms with Crippen molar-refractivity contribution in [3.05, 3.63) is 51.7 Å². The summed E-state index contributed by atoms with van der Waals surface area (Å²) in [5.74, 6) is -0.562. The van der Waals surface area contributed by atoms with Gasteiger partial charge in [-0.05, 0) is 5.56 Å². The quantitative estimate of drug-likeness (QED) is 0.457. The van der Waals surface area contributed by atoms with Gasteiger partial charge in [-0.3, -0.25) is 10.1 Å². The summed E-state index contributed by atoms with van der Waals surface area (Å²) in [5, 5.41) is 10.6. The highest BCUT2D eigenvalue weighted by Gasteiger charge is 2.22. The van der Waals surface area contributed by atoms with Gasteiger partial charge in [-0.25, -0.2) is 13.6 Å². The summed E-state index contributed by atoms with van der Waals surface area (Å²) < 4.78 is 30.0. The van der Waals surface area contributed by atoms with Gasteiger partial charge in [0.2, 0.25) is 0 Å². The Morgan fingerprint density at radius 2 is 2.00 bits per heavy atom. The third-order valence-electron chi connectivity index (χ3n) is 2.93. The van der Waals surface area contributed by atoms with Crippen LogP contribution in [0.3, 0.4) is 0 Å². The van der Waals surface area contributed by atoms with Crippen LogP contribution >= 0.6 is 0 Å². The molecule has 6 nitrogen and oxygen atoms in total. The Morgan fingerprint density at radius 3 is 2.48 bits per heavy atom. The predicted octanol–water partition coefficient (Wildman–Crippen LogP) is 2.10. The van der Waals surface area contributed by atoms with Crippen molar-refractivity contribution < 1.29 is 23.2 Å². The Morgan fingerprint density at radius 1 is 1.33 bits per heavy atom. The smallest absolute Gasteiger partial charge is 0.333 e. The fourth-order valence-corrected chi connectivity index (χ4v) is 1.94. The molecule has 0 saturated heterocycles. The second-order valence-corrected chi connectivity index (χ2v) is 4.44. The van der Waals surface area contributed by atoms with Crippen LogP contribution in [0, 0.1) is 10.1 Å². The maximum Gasteiger partial charge on any atom is 0.333 e. The molecule has 0 atom stereocenters. The first kappa shape index (κ1) is 14.9. The summed E-state index contributed by atoms with van der Waals surface area (Å²) in [7, 11) is 0. The molecule has 0 N–H and O–H groups in total. The molecule has 0 saturated carbocycles. The minimum absolute atomic E-state index is 0.0431. The Labute approximate surface area is 118 Å². The standard InChI is InChI=1S/C13H12F2N2O4/c14-12(15)7-16(11-5-13(18)21-8-11)6-9-1-3-10(4-2-9)17(19)20/h1-5,12H,6-8H2. The van der Waals surface area contributed by atoms with E-state index in [0.29, 0.717) is 11.3 Å². The van der Waals surface area contributed by atoms with Crippen LogP contribution < -0.4 is 0 Å². The molecule has 0 fully saturated rings. The maximum atomic E-state index is 12.6. The number of nitro benzene ring substituents is 1. The van der Waals surface area contributed by atoms with Crippen molar-refractivity contribution >= 4 is 11.7 Å². The molecule has 2 rings (SSSR count). The van der Waals surface area contributed by atoms with E-state index in [1.54, 1.807) is 0 Å². The van der Waals surface area contributed by atoms with Gasteiger partial charge in [0.1, 0.15) is 6.61 Å². The molecule has 0 aromatic heterocycles. The van der Waals surface area contributed by atoms with E-state index >= 15 is 0 Å². The van der Waals surface area contributed by atoms with E-state index in [1.807, 2.05) is 0 Å². The molecule has 1 heterocycles. The number of benzene rings is 1. The largest absolute Gasteiger partial charge is 0.456 e. The number of nitrogens with zero attached hydrogens (tertiary/aromatic N) is 2. The number of halogens is 2. The molecule has 0 spiro atoms. The number of non-ortho nitro benzene ring substituents is 1. The van der Waals surface area contributed by atoms with Crippen molar-refractivity contribution in [1.82, 2.24) is 4.90 Å². The SMILES string of the molecule is O=C1C=C(N(Cc2ccc([N+](=O)[O-])cc2)CC(F)F)CO1. The fraction of sp³-hybridized carbons (Fsp3) is 0.308. The first-order valence-corrected chi connectivity index (χ1v) is 6.09. The van der Waals surface area contributed by atoms with Gasteiger partial charge >= 0.3 is 5.97 Å². The van der Waals surface area contributed by atoms with E-state index in [4.69, 9.17) is 4.74 Å². The summed E-state index contributed by atoms with van der Waals surface area (Å²) in [6.07, 6.45) is -1.40. The molecular weight excluding hydrogens is 286 g/mol. The summed E-state index contributed by atoms with van der Waals surface area (Å²) in [6, 6.07) is 5.60. The van der Waals surface area contributed by atoms with Crippen LogP contribution in [0.5, 0.6) is 0 Å². The minimum atomic E-state index is -2.57. The number of nitro groups is 1.